The van der Waals surface area contributed by atoms with E-state index in [4.69, 9.17) is 0 Å². The highest BCUT2D eigenvalue weighted by atomic mass is 32.2. The Bertz CT molecular complexity index is 982. The molecule has 0 saturated heterocycles. The Balaban J connectivity index is 2.03. The lowest BCUT2D eigenvalue weighted by Gasteiger charge is -2.12. The molecule has 6 heteroatoms. The summed E-state index contributed by atoms with van der Waals surface area (Å²) in [7, 11) is -3.65. The highest BCUT2D eigenvalue weighted by Crippen LogP contribution is 2.30. The van der Waals surface area contributed by atoms with E-state index in [1.807, 2.05) is 58.0 Å². The summed E-state index contributed by atoms with van der Waals surface area (Å²) in [6.45, 7) is 7.59. The topological polar surface area (TPSA) is 59.1 Å². The van der Waals surface area contributed by atoms with Crippen molar-refractivity contribution in [1.29, 1.82) is 0 Å². The number of sulfonamides is 1. The Labute approximate surface area is 140 Å². The minimum absolute atomic E-state index is 0.332. The molecule has 0 aliphatic carbocycles. The minimum Gasteiger partial charge on any atom is -0.255 e. The fourth-order valence-corrected chi connectivity index (χ4v) is 5.49. The van der Waals surface area contributed by atoms with Crippen LogP contribution in [0, 0.1) is 27.7 Å². The van der Waals surface area contributed by atoms with Gasteiger partial charge in [0.25, 0.3) is 10.0 Å². The fraction of sp³-hybridized carbons (Fsp3) is 0.235. The summed E-state index contributed by atoms with van der Waals surface area (Å²) in [5.41, 5.74) is 4.46. The lowest BCUT2D eigenvalue weighted by Crippen LogP contribution is -2.15. The van der Waals surface area contributed by atoms with E-state index in [9.17, 15) is 8.42 Å². The van der Waals surface area contributed by atoms with Crippen LogP contribution in [0.2, 0.25) is 0 Å². The van der Waals surface area contributed by atoms with Gasteiger partial charge in [0.05, 0.1) is 15.1 Å². The number of hydrogen-bond acceptors (Lipinski definition) is 4. The van der Waals surface area contributed by atoms with Crippen LogP contribution in [0.3, 0.4) is 0 Å². The summed E-state index contributed by atoms with van der Waals surface area (Å²) in [6, 6.07) is 9.63. The van der Waals surface area contributed by atoms with E-state index in [1.165, 1.54) is 11.3 Å². The number of anilines is 1. The number of rotatable bonds is 3. The normalized spacial score (nSPS) is 11.8. The van der Waals surface area contributed by atoms with Crippen LogP contribution in [0.5, 0.6) is 0 Å². The number of thiazole rings is 1. The SMILES string of the molecule is Cc1cc(C)c(S(=O)(=O)Nc2nc3ccc(C)cc3s2)c(C)c1. The molecule has 2 aromatic carbocycles. The Kier molecular flexibility index (Phi) is 3.90. The first-order valence-corrected chi connectivity index (χ1v) is 9.54. The average molecular weight is 346 g/mol. The first kappa shape index (κ1) is 16.0. The van der Waals surface area contributed by atoms with Gasteiger partial charge < -0.3 is 0 Å². The summed E-state index contributed by atoms with van der Waals surface area (Å²) in [5, 5.41) is 0.393. The van der Waals surface area contributed by atoms with E-state index in [1.54, 1.807) is 0 Å². The Hall–Kier alpha value is -1.92. The molecule has 4 nitrogen and oxygen atoms in total. The van der Waals surface area contributed by atoms with Crippen molar-refractivity contribution < 1.29 is 8.42 Å². The van der Waals surface area contributed by atoms with Crippen molar-refractivity contribution in [2.24, 2.45) is 0 Å². The lowest BCUT2D eigenvalue weighted by atomic mass is 10.1. The maximum atomic E-state index is 12.8. The summed E-state index contributed by atoms with van der Waals surface area (Å²) in [5.74, 6) is 0. The standard InChI is InChI=1S/C17H18N2O2S2/c1-10-5-6-14-15(9-10)22-17(18-14)19-23(20,21)16-12(3)7-11(2)8-13(16)4/h5-9H,1-4H3,(H,18,19). The van der Waals surface area contributed by atoms with Crippen molar-refractivity contribution in [2.75, 3.05) is 4.72 Å². The van der Waals surface area contributed by atoms with Crippen molar-refractivity contribution in [2.45, 2.75) is 32.6 Å². The second-order valence-electron chi connectivity index (χ2n) is 5.82. The highest BCUT2D eigenvalue weighted by molar-refractivity contribution is 7.93. The summed E-state index contributed by atoms with van der Waals surface area (Å²) in [4.78, 5) is 4.70. The van der Waals surface area contributed by atoms with Gasteiger partial charge in [0.2, 0.25) is 0 Å². The minimum atomic E-state index is -3.65. The maximum Gasteiger partial charge on any atom is 0.264 e. The van der Waals surface area contributed by atoms with Crippen LogP contribution >= 0.6 is 11.3 Å². The van der Waals surface area contributed by atoms with E-state index in [0.29, 0.717) is 10.0 Å². The second-order valence-corrected chi connectivity index (χ2v) is 8.47. The van der Waals surface area contributed by atoms with Crippen molar-refractivity contribution in [1.82, 2.24) is 4.98 Å². The van der Waals surface area contributed by atoms with Crippen LogP contribution in [0.4, 0.5) is 5.13 Å². The Morgan fingerprint density at radius 2 is 1.61 bits per heavy atom. The molecule has 0 radical (unpaired) electrons. The van der Waals surface area contributed by atoms with Crippen LogP contribution in [0.1, 0.15) is 22.3 Å². The van der Waals surface area contributed by atoms with Gasteiger partial charge in [-0.1, -0.05) is 35.1 Å². The van der Waals surface area contributed by atoms with E-state index in [2.05, 4.69) is 9.71 Å². The zero-order valence-corrected chi connectivity index (χ0v) is 15.1. The molecular weight excluding hydrogens is 328 g/mol. The number of hydrogen-bond donors (Lipinski definition) is 1. The molecule has 0 fully saturated rings. The van der Waals surface area contributed by atoms with E-state index in [0.717, 1.165) is 32.5 Å². The summed E-state index contributed by atoms with van der Waals surface area (Å²) >= 11 is 1.35. The van der Waals surface area contributed by atoms with Gasteiger partial charge in [0.15, 0.2) is 5.13 Å². The number of benzene rings is 2. The largest absolute Gasteiger partial charge is 0.264 e. The molecule has 0 unspecified atom stereocenters. The zero-order chi connectivity index (χ0) is 16.8. The van der Waals surface area contributed by atoms with Crippen LogP contribution in [0.25, 0.3) is 10.2 Å². The molecule has 0 aliphatic heterocycles. The average Bonchev–Trinajstić information content (AvgIpc) is 2.77. The van der Waals surface area contributed by atoms with Crippen LogP contribution in [-0.4, -0.2) is 13.4 Å². The number of fused-ring (bicyclic) bond motifs is 1. The predicted octanol–water partition coefficient (Wildman–Crippen LogP) is 4.33. The molecule has 0 saturated carbocycles. The van der Waals surface area contributed by atoms with E-state index >= 15 is 0 Å². The molecule has 23 heavy (non-hydrogen) atoms. The number of nitrogens with one attached hydrogen (secondary N) is 1. The van der Waals surface area contributed by atoms with Gasteiger partial charge >= 0.3 is 0 Å². The molecule has 3 rings (SSSR count). The van der Waals surface area contributed by atoms with Crippen molar-refractivity contribution >= 4 is 36.7 Å². The first-order valence-electron chi connectivity index (χ1n) is 7.24. The lowest BCUT2D eigenvalue weighted by molar-refractivity contribution is 0.600. The van der Waals surface area contributed by atoms with E-state index in [-0.39, 0.29) is 0 Å². The molecule has 0 aliphatic rings. The molecule has 0 atom stereocenters. The van der Waals surface area contributed by atoms with Crippen LogP contribution in [-0.2, 0) is 10.0 Å². The van der Waals surface area contributed by atoms with Crippen molar-refractivity contribution in [3.8, 4) is 0 Å². The third-order valence-electron chi connectivity index (χ3n) is 3.64. The van der Waals surface area contributed by atoms with Crippen molar-refractivity contribution in [3.05, 3.63) is 52.6 Å². The molecule has 1 heterocycles. The Morgan fingerprint density at radius 1 is 0.957 bits per heavy atom. The third kappa shape index (κ3) is 3.09. The smallest absolute Gasteiger partial charge is 0.255 e. The van der Waals surface area contributed by atoms with Gasteiger partial charge in [0.1, 0.15) is 0 Å². The van der Waals surface area contributed by atoms with Gasteiger partial charge in [-0.25, -0.2) is 13.4 Å². The van der Waals surface area contributed by atoms with Gasteiger partial charge in [-0.15, -0.1) is 0 Å². The van der Waals surface area contributed by atoms with Crippen LogP contribution < -0.4 is 4.72 Å². The van der Waals surface area contributed by atoms with Crippen LogP contribution in [0.15, 0.2) is 35.2 Å². The molecule has 120 valence electrons. The van der Waals surface area contributed by atoms with Gasteiger partial charge in [-0.2, -0.15) is 0 Å². The van der Waals surface area contributed by atoms with Crippen molar-refractivity contribution in [3.63, 3.8) is 0 Å². The number of aryl methyl sites for hydroxylation is 4. The molecule has 1 N–H and O–H groups in total. The monoisotopic (exact) mass is 346 g/mol. The highest BCUT2D eigenvalue weighted by Gasteiger charge is 2.21. The maximum absolute atomic E-state index is 12.8. The Morgan fingerprint density at radius 3 is 2.26 bits per heavy atom. The molecule has 0 amide bonds. The fourth-order valence-electron chi connectivity index (χ4n) is 2.83. The summed E-state index contributed by atoms with van der Waals surface area (Å²) < 4.78 is 29.1. The van der Waals surface area contributed by atoms with Gasteiger partial charge in [-0.05, 0) is 56.5 Å². The molecule has 0 bridgehead atoms. The van der Waals surface area contributed by atoms with E-state index < -0.39 is 10.0 Å². The first-order chi connectivity index (χ1) is 10.8. The number of aromatic nitrogens is 1. The van der Waals surface area contributed by atoms with Gasteiger partial charge in [-0.3, -0.25) is 4.72 Å². The molecular formula is C17H18N2O2S2. The third-order valence-corrected chi connectivity index (χ3v) is 6.35. The van der Waals surface area contributed by atoms with Gasteiger partial charge in [0, 0.05) is 0 Å². The second kappa shape index (κ2) is 5.62. The molecule has 3 aromatic rings. The zero-order valence-electron chi connectivity index (χ0n) is 13.5. The molecule has 1 aromatic heterocycles. The quantitative estimate of drug-likeness (QED) is 0.768. The summed E-state index contributed by atoms with van der Waals surface area (Å²) in [6.07, 6.45) is 0. The number of nitrogens with zero attached hydrogens (tertiary/aromatic N) is 1. The predicted molar refractivity (Wildman–Crippen MR) is 95.8 cm³/mol. The molecule has 0 spiro atoms.